The van der Waals surface area contributed by atoms with E-state index in [0.29, 0.717) is 38.1 Å². The van der Waals surface area contributed by atoms with Gasteiger partial charge in [-0.1, -0.05) is 35.9 Å². The first-order chi connectivity index (χ1) is 15.5. The van der Waals surface area contributed by atoms with Crippen molar-refractivity contribution in [3.05, 3.63) is 84.4 Å². The van der Waals surface area contributed by atoms with E-state index < -0.39 is 10.0 Å². The van der Waals surface area contributed by atoms with Crippen LogP contribution < -0.4 is 0 Å². The molecule has 2 aliphatic rings. The molecule has 32 heavy (non-hydrogen) atoms. The minimum atomic E-state index is -3.67. The number of piperidine rings is 1. The summed E-state index contributed by atoms with van der Waals surface area (Å²) in [5, 5.41) is 0. The fourth-order valence-electron chi connectivity index (χ4n) is 4.87. The van der Waals surface area contributed by atoms with Crippen molar-refractivity contribution in [2.45, 2.75) is 30.6 Å². The number of carbonyl (C=O) groups excluding carboxylic acids is 1. The number of sulfonamides is 1. The molecular weight excluding hydrogens is 424 g/mol. The molecule has 0 spiro atoms. The van der Waals surface area contributed by atoms with E-state index >= 15 is 0 Å². The number of allylic oxidation sites excluding steroid dienone is 1. The van der Waals surface area contributed by atoms with Crippen LogP contribution in [0.3, 0.4) is 0 Å². The molecule has 2 heterocycles. The van der Waals surface area contributed by atoms with Gasteiger partial charge in [-0.15, -0.1) is 0 Å². The second-order valence-corrected chi connectivity index (χ2v) is 10.5. The summed E-state index contributed by atoms with van der Waals surface area (Å²) in [7, 11) is -3.67. The molecule has 1 aromatic heterocycles. The van der Waals surface area contributed by atoms with Crippen LogP contribution >= 0.6 is 0 Å². The van der Waals surface area contributed by atoms with Crippen LogP contribution in [0, 0.1) is 5.41 Å². The van der Waals surface area contributed by atoms with Crippen LogP contribution in [0.5, 0.6) is 0 Å². The van der Waals surface area contributed by atoms with Gasteiger partial charge >= 0.3 is 0 Å². The third-order valence-electron chi connectivity index (χ3n) is 6.57. The van der Waals surface area contributed by atoms with Gasteiger partial charge in [-0.05, 0) is 55.2 Å². The summed E-state index contributed by atoms with van der Waals surface area (Å²) in [6.07, 6.45) is 7.14. The maximum atomic E-state index is 13.5. The van der Waals surface area contributed by atoms with Crippen LogP contribution in [0.2, 0.25) is 0 Å². The van der Waals surface area contributed by atoms with Crippen molar-refractivity contribution in [3.63, 3.8) is 0 Å². The normalized spacial score (nSPS) is 21.8. The Labute approximate surface area is 187 Å². The van der Waals surface area contributed by atoms with Crippen LogP contribution in [-0.2, 0) is 21.2 Å². The number of hydrogen-bond donors (Lipinski definition) is 0. The van der Waals surface area contributed by atoms with Crippen molar-refractivity contribution >= 4 is 15.8 Å². The lowest BCUT2D eigenvalue weighted by molar-refractivity contribution is -0.116. The maximum absolute atomic E-state index is 13.5. The molecule has 6 nitrogen and oxygen atoms in total. The molecule has 1 aliphatic carbocycles. The summed E-state index contributed by atoms with van der Waals surface area (Å²) >= 11 is 0. The predicted octanol–water partition coefficient (Wildman–Crippen LogP) is 4.25. The predicted molar refractivity (Wildman–Crippen MR) is 120 cm³/mol. The summed E-state index contributed by atoms with van der Waals surface area (Å²) in [5.41, 5.74) is 2.67. The van der Waals surface area contributed by atoms with Gasteiger partial charge in [0.25, 0.3) is 0 Å². The third-order valence-corrected chi connectivity index (χ3v) is 8.43. The van der Waals surface area contributed by atoms with Crippen molar-refractivity contribution < 1.29 is 17.6 Å². The molecule has 0 bridgehead atoms. The highest BCUT2D eigenvalue weighted by atomic mass is 32.2. The largest absolute Gasteiger partial charge is 0.444 e. The molecule has 2 aromatic carbocycles. The fraction of sp³-hybridized carbons (Fsp3) is 0.280. The van der Waals surface area contributed by atoms with Gasteiger partial charge in [-0.3, -0.25) is 4.79 Å². The average Bonchev–Trinajstić information content (AvgIpc) is 3.35. The standard InChI is InChI=1S/C25H24N2O4S/c28-22-10-12-25(15-19-4-2-1-3-5-19)17-27(13-11-21(25)14-22)32(29,30)23-8-6-20(7-9-23)24-16-26-18-31-24/h1-9,14,16,18H,10-13,15,17H2. The lowest BCUT2D eigenvalue weighted by Crippen LogP contribution is -2.49. The number of benzene rings is 2. The number of rotatable bonds is 5. The quantitative estimate of drug-likeness (QED) is 0.583. The summed E-state index contributed by atoms with van der Waals surface area (Å²) in [6.45, 7) is 0.759. The Morgan fingerprint density at radius 1 is 1.03 bits per heavy atom. The van der Waals surface area contributed by atoms with Crippen LogP contribution in [0.4, 0.5) is 0 Å². The van der Waals surface area contributed by atoms with Gasteiger partial charge in [0.2, 0.25) is 10.0 Å². The van der Waals surface area contributed by atoms with Crippen LogP contribution in [0.1, 0.15) is 24.8 Å². The number of carbonyl (C=O) groups is 1. The van der Waals surface area contributed by atoms with Crippen molar-refractivity contribution in [2.75, 3.05) is 13.1 Å². The zero-order valence-electron chi connectivity index (χ0n) is 17.6. The zero-order valence-corrected chi connectivity index (χ0v) is 18.4. The molecule has 1 unspecified atom stereocenters. The smallest absolute Gasteiger partial charge is 0.243 e. The lowest BCUT2D eigenvalue weighted by Gasteiger charge is -2.46. The summed E-state index contributed by atoms with van der Waals surface area (Å²) in [4.78, 5) is 16.3. The molecule has 7 heteroatoms. The Bertz CT molecular complexity index is 1250. The fourth-order valence-corrected chi connectivity index (χ4v) is 6.40. The van der Waals surface area contributed by atoms with Gasteiger partial charge in [0.15, 0.2) is 17.9 Å². The van der Waals surface area contributed by atoms with Gasteiger partial charge in [-0.25, -0.2) is 13.4 Å². The third kappa shape index (κ3) is 3.82. The van der Waals surface area contributed by atoms with Gasteiger partial charge < -0.3 is 4.42 Å². The Balaban J connectivity index is 1.45. The van der Waals surface area contributed by atoms with Crippen LogP contribution in [0.15, 0.2) is 88.1 Å². The van der Waals surface area contributed by atoms with Crippen molar-refractivity contribution in [1.82, 2.24) is 9.29 Å². The van der Waals surface area contributed by atoms with Gasteiger partial charge in [0.05, 0.1) is 11.1 Å². The second-order valence-electron chi connectivity index (χ2n) is 8.56. The van der Waals surface area contributed by atoms with E-state index in [1.165, 1.54) is 6.39 Å². The Morgan fingerprint density at radius 2 is 1.81 bits per heavy atom. The van der Waals surface area contributed by atoms with Gasteiger partial charge in [0.1, 0.15) is 0 Å². The number of fused-ring (bicyclic) bond motifs is 1. The molecule has 164 valence electrons. The highest BCUT2D eigenvalue weighted by Gasteiger charge is 2.45. The molecule has 0 amide bonds. The van der Waals surface area contributed by atoms with Crippen LogP contribution in [-0.4, -0.2) is 36.6 Å². The first-order valence-electron chi connectivity index (χ1n) is 10.7. The van der Waals surface area contributed by atoms with Crippen LogP contribution in [0.25, 0.3) is 11.3 Å². The number of ketones is 1. The van der Waals surface area contributed by atoms with E-state index in [2.05, 4.69) is 17.1 Å². The zero-order chi connectivity index (χ0) is 22.2. The highest BCUT2D eigenvalue weighted by molar-refractivity contribution is 7.89. The van der Waals surface area contributed by atoms with E-state index in [-0.39, 0.29) is 16.1 Å². The molecule has 1 fully saturated rings. The van der Waals surface area contributed by atoms with Crippen molar-refractivity contribution in [3.8, 4) is 11.3 Å². The van der Waals surface area contributed by atoms with Crippen molar-refractivity contribution in [2.24, 2.45) is 5.41 Å². The molecule has 0 N–H and O–H groups in total. The number of oxazole rings is 1. The van der Waals surface area contributed by atoms with Crippen molar-refractivity contribution in [1.29, 1.82) is 0 Å². The van der Waals surface area contributed by atoms with E-state index in [9.17, 15) is 13.2 Å². The SMILES string of the molecule is O=C1C=C2CCN(S(=O)(=O)c3ccc(-c4cnco4)cc3)CC2(Cc2ccccc2)CC1. The first kappa shape index (κ1) is 20.8. The molecule has 0 radical (unpaired) electrons. The summed E-state index contributed by atoms with van der Waals surface area (Å²) < 4.78 is 33.9. The lowest BCUT2D eigenvalue weighted by atomic mass is 9.66. The Morgan fingerprint density at radius 3 is 2.53 bits per heavy atom. The van der Waals surface area contributed by atoms with Gasteiger partial charge in [0, 0.05) is 30.5 Å². The maximum Gasteiger partial charge on any atom is 0.243 e. The molecule has 1 saturated heterocycles. The molecule has 3 aromatic rings. The minimum Gasteiger partial charge on any atom is -0.444 e. The molecular formula is C25H24N2O4S. The van der Waals surface area contributed by atoms with E-state index in [4.69, 9.17) is 4.42 Å². The van der Waals surface area contributed by atoms with Gasteiger partial charge in [-0.2, -0.15) is 4.31 Å². The topological polar surface area (TPSA) is 80.5 Å². The van der Waals surface area contributed by atoms with E-state index in [1.54, 1.807) is 40.8 Å². The monoisotopic (exact) mass is 448 g/mol. The number of nitrogens with zero attached hydrogens (tertiary/aromatic N) is 2. The minimum absolute atomic E-state index is 0.142. The summed E-state index contributed by atoms with van der Waals surface area (Å²) in [5.74, 6) is 0.735. The first-order valence-corrected chi connectivity index (χ1v) is 12.2. The number of aromatic nitrogens is 1. The Kier molecular flexibility index (Phi) is 5.31. The Hall–Kier alpha value is -3.03. The molecule has 0 saturated carbocycles. The summed E-state index contributed by atoms with van der Waals surface area (Å²) in [6, 6.07) is 16.8. The average molecular weight is 449 g/mol. The molecule has 1 aliphatic heterocycles. The van der Waals surface area contributed by atoms with E-state index in [1.807, 2.05) is 18.2 Å². The second kappa shape index (κ2) is 8.15. The highest BCUT2D eigenvalue weighted by Crippen LogP contribution is 2.46. The number of hydrogen-bond acceptors (Lipinski definition) is 5. The van der Waals surface area contributed by atoms with E-state index in [0.717, 1.165) is 23.1 Å². The molecule has 1 atom stereocenters. The molecule has 5 rings (SSSR count).